The second-order valence-corrected chi connectivity index (χ2v) is 7.27. The van der Waals surface area contributed by atoms with Crippen LogP contribution in [0, 0.1) is 6.92 Å². The molecule has 0 atom stereocenters. The summed E-state index contributed by atoms with van der Waals surface area (Å²) in [6.07, 6.45) is 3.42. The molecule has 0 unspecified atom stereocenters. The van der Waals surface area contributed by atoms with E-state index >= 15 is 0 Å². The van der Waals surface area contributed by atoms with Crippen molar-refractivity contribution in [2.75, 3.05) is 5.32 Å². The fourth-order valence-electron chi connectivity index (χ4n) is 2.28. The van der Waals surface area contributed by atoms with Crippen molar-refractivity contribution < 1.29 is 4.79 Å². The normalized spacial score (nSPS) is 10.9. The molecule has 1 aromatic heterocycles. The van der Waals surface area contributed by atoms with Crippen LogP contribution in [0.4, 0.5) is 5.69 Å². The van der Waals surface area contributed by atoms with Crippen molar-refractivity contribution in [1.29, 1.82) is 0 Å². The molecule has 4 heteroatoms. The van der Waals surface area contributed by atoms with Crippen LogP contribution >= 0.6 is 27.3 Å². The van der Waals surface area contributed by atoms with Gasteiger partial charge in [-0.2, -0.15) is 0 Å². The third-order valence-corrected chi connectivity index (χ3v) is 5.57. The van der Waals surface area contributed by atoms with Gasteiger partial charge in [0, 0.05) is 26.0 Å². The van der Waals surface area contributed by atoms with Gasteiger partial charge in [-0.05, 0) is 48.4 Å². The molecule has 120 valence electrons. The maximum Gasteiger partial charge on any atom is 0.248 e. The molecule has 0 radical (unpaired) electrons. The molecule has 0 aliphatic carbocycles. The molecule has 3 aromatic rings. The lowest BCUT2D eigenvalue weighted by atomic mass is 10.2. The van der Waals surface area contributed by atoms with Gasteiger partial charge in [-0.3, -0.25) is 4.79 Å². The highest BCUT2D eigenvalue weighted by Gasteiger charge is 2.05. The number of rotatable bonds is 4. The molecule has 1 N–H and O–H groups in total. The molecular weight excluding hydrogens is 382 g/mol. The van der Waals surface area contributed by atoms with Crippen LogP contribution in [0.1, 0.15) is 10.4 Å². The number of hydrogen-bond acceptors (Lipinski definition) is 2. The lowest BCUT2D eigenvalue weighted by Gasteiger charge is -2.07. The first-order valence-electron chi connectivity index (χ1n) is 7.53. The van der Waals surface area contributed by atoms with E-state index in [0.29, 0.717) is 0 Å². The number of carbonyl (C=O) groups excluding carboxylic acids is 1. The SMILES string of the molecule is Cc1c(Br)cccc1NC(=O)/C=C/c1ccc(-c2ccccc2)s1. The van der Waals surface area contributed by atoms with Gasteiger partial charge < -0.3 is 5.32 Å². The Morgan fingerprint density at radius 2 is 1.83 bits per heavy atom. The summed E-state index contributed by atoms with van der Waals surface area (Å²) in [7, 11) is 0. The van der Waals surface area contributed by atoms with Gasteiger partial charge in [0.15, 0.2) is 0 Å². The van der Waals surface area contributed by atoms with Gasteiger partial charge in [-0.15, -0.1) is 11.3 Å². The highest BCUT2D eigenvalue weighted by molar-refractivity contribution is 9.10. The van der Waals surface area contributed by atoms with E-state index in [9.17, 15) is 4.79 Å². The Labute approximate surface area is 154 Å². The molecule has 0 bridgehead atoms. The number of anilines is 1. The van der Waals surface area contributed by atoms with Crippen LogP contribution in [-0.2, 0) is 4.79 Å². The van der Waals surface area contributed by atoms with Crippen LogP contribution in [-0.4, -0.2) is 5.91 Å². The summed E-state index contributed by atoms with van der Waals surface area (Å²) in [5.41, 5.74) is 3.02. The minimum absolute atomic E-state index is 0.133. The third-order valence-electron chi connectivity index (χ3n) is 3.61. The van der Waals surface area contributed by atoms with Gasteiger partial charge in [0.25, 0.3) is 0 Å². The van der Waals surface area contributed by atoms with Crippen LogP contribution in [0.2, 0.25) is 0 Å². The molecule has 0 aliphatic heterocycles. The first kappa shape index (κ1) is 16.7. The molecule has 2 aromatic carbocycles. The standard InChI is InChI=1S/C20H16BrNOS/c1-14-17(21)8-5-9-18(14)22-20(23)13-11-16-10-12-19(24-16)15-6-3-2-4-7-15/h2-13H,1H3,(H,22,23)/b13-11+. The van der Waals surface area contributed by atoms with E-state index in [4.69, 9.17) is 0 Å². The summed E-state index contributed by atoms with van der Waals surface area (Å²) < 4.78 is 0.982. The number of nitrogens with one attached hydrogen (secondary N) is 1. The minimum Gasteiger partial charge on any atom is -0.322 e. The first-order valence-corrected chi connectivity index (χ1v) is 9.14. The van der Waals surface area contributed by atoms with Gasteiger partial charge in [0.1, 0.15) is 0 Å². The van der Waals surface area contributed by atoms with E-state index in [2.05, 4.69) is 39.4 Å². The molecule has 3 rings (SSSR count). The fourth-order valence-corrected chi connectivity index (χ4v) is 3.56. The largest absolute Gasteiger partial charge is 0.322 e. The number of carbonyl (C=O) groups is 1. The molecule has 0 saturated carbocycles. The Hall–Kier alpha value is -2.17. The van der Waals surface area contributed by atoms with Gasteiger partial charge in [-0.25, -0.2) is 0 Å². The predicted molar refractivity (Wildman–Crippen MR) is 106 cm³/mol. The summed E-state index contributed by atoms with van der Waals surface area (Å²) in [6, 6.07) is 20.1. The van der Waals surface area contributed by atoms with Crippen LogP contribution in [0.15, 0.2) is 71.2 Å². The van der Waals surface area contributed by atoms with E-state index in [1.165, 1.54) is 10.4 Å². The van der Waals surface area contributed by atoms with Crippen molar-refractivity contribution in [3.05, 3.63) is 81.7 Å². The number of thiophene rings is 1. The number of hydrogen-bond donors (Lipinski definition) is 1. The van der Waals surface area contributed by atoms with E-state index in [0.717, 1.165) is 20.6 Å². The number of halogens is 1. The molecule has 2 nitrogen and oxygen atoms in total. The third kappa shape index (κ3) is 4.02. The maximum absolute atomic E-state index is 12.1. The number of amides is 1. The zero-order chi connectivity index (χ0) is 16.9. The summed E-state index contributed by atoms with van der Waals surface area (Å²) in [5.74, 6) is -0.133. The zero-order valence-corrected chi connectivity index (χ0v) is 15.5. The molecule has 0 aliphatic rings. The molecule has 24 heavy (non-hydrogen) atoms. The Balaban J connectivity index is 1.69. The van der Waals surface area contributed by atoms with Crippen LogP contribution in [0.5, 0.6) is 0 Å². The second kappa shape index (κ2) is 7.60. The predicted octanol–water partition coefficient (Wildman–Crippen LogP) is 6.14. The van der Waals surface area contributed by atoms with E-state index in [1.807, 2.05) is 55.5 Å². The highest BCUT2D eigenvalue weighted by Crippen LogP contribution is 2.28. The van der Waals surface area contributed by atoms with Crippen molar-refractivity contribution in [2.45, 2.75) is 6.92 Å². The zero-order valence-electron chi connectivity index (χ0n) is 13.1. The van der Waals surface area contributed by atoms with E-state index in [-0.39, 0.29) is 5.91 Å². The average molecular weight is 398 g/mol. The van der Waals surface area contributed by atoms with E-state index < -0.39 is 0 Å². The van der Waals surface area contributed by atoms with Gasteiger partial charge in [0.2, 0.25) is 5.91 Å². The van der Waals surface area contributed by atoms with Crippen molar-refractivity contribution in [3.63, 3.8) is 0 Å². The summed E-state index contributed by atoms with van der Waals surface area (Å²) in [5, 5.41) is 2.91. The lowest BCUT2D eigenvalue weighted by molar-refractivity contribution is -0.111. The topological polar surface area (TPSA) is 29.1 Å². The number of benzene rings is 2. The quantitative estimate of drug-likeness (QED) is 0.526. The van der Waals surface area contributed by atoms with Crippen molar-refractivity contribution in [2.24, 2.45) is 0 Å². The Bertz CT molecular complexity index is 884. The van der Waals surface area contributed by atoms with Gasteiger partial charge >= 0.3 is 0 Å². The second-order valence-electron chi connectivity index (χ2n) is 5.30. The van der Waals surface area contributed by atoms with Crippen molar-refractivity contribution >= 4 is 44.9 Å². The van der Waals surface area contributed by atoms with Crippen LogP contribution in [0.3, 0.4) is 0 Å². The first-order chi connectivity index (χ1) is 11.6. The lowest BCUT2D eigenvalue weighted by Crippen LogP contribution is -2.08. The molecule has 1 amide bonds. The Kier molecular flexibility index (Phi) is 5.28. The monoisotopic (exact) mass is 397 g/mol. The molecule has 0 spiro atoms. The van der Waals surface area contributed by atoms with Crippen LogP contribution in [0.25, 0.3) is 16.5 Å². The van der Waals surface area contributed by atoms with E-state index in [1.54, 1.807) is 17.4 Å². The van der Waals surface area contributed by atoms with Gasteiger partial charge in [-0.1, -0.05) is 52.3 Å². The molecule has 0 fully saturated rings. The summed E-state index contributed by atoms with van der Waals surface area (Å²) in [6.45, 7) is 1.97. The van der Waals surface area contributed by atoms with Crippen molar-refractivity contribution in [3.8, 4) is 10.4 Å². The Morgan fingerprint density at radius 1 is 1.04 bits per heavy atom. The highest BCUT2D eigenvalue weighted by atomic mass is 79.9. The summed E-state index contributed by atoms with van der Waals surface area (Å²) in [4.78, 5) is 14.4. The molecule has 0 saturated heterocycles. The Morgan fingerprint density at radius 3 is 2.62 bits per heavy atom. The smallest absolute Gasteiger partial charge is 0.248 e. The van der Waals surface area contributed by atoms with Crippen LogP contribution < -0.4 is 5.32 Å². The summed E-state index contributed by atoms with van der Waals surface area (Å²) >= 11 is 5.13. The van der Waals surface area contributed by atoms with Crippen molar-refractivity contribution in [1.82, 2.24) is 0 Å². The maximum atomic E-state index is 12.1. The average Bonchev–Trinajstić information content (AvgIpc) is 3.07. The molecule has 1 heterocycles. The molecular formula is C20H16BrNOS. The van der Waals surface area contributed by atoms with Gasteiger partial charge in [0.05, 0.1) is 0 Å². The fraction of sp³-hybridized carbons (Fsp3) is 0.0500. The minimum atomic E-state index is -0.133.